The van der Waals surface area contributed by atoms with Crippen LogP contribution in [-0.2, 0) is 0 Å². The molecular weight excluding hydrogens is 136 g/mol. The quantitative estimate of drug-likeness (QED) is 0.604. The van der Waals surface area contributed by atoms with Gasteiger partial charge in [0.1, 0.15) is 0 Å². The number of hydrogen-bond donors (Lipinski definition) is 1. The van der Waals surface area contributed by atoms with E-state index in [4.69, 9.17) is 0 Å². The van der Waals surface area contributed by atoms with Gasteiger partial charge in [0, 0.05) is 0 Å². The van der Waals surface area contributed by atoms with Gasteiger partial charge < -0.3 is 5.11 Å². The summed E-state index contributed by atoms with van der Waals surface area (Å²) in [6.45, 7) is 4.09. The second-order valence-electron chi connectivity index (χ2n) is 2.62. The van der Waals surface area contributed by atoms with Crippen LogP contribution in [0.2, 0.25) is 0 Å². The topological polar surface area (TPSA) is 20.2 Å². The van der Waals surface area contributed by atoms with E-state index in [1.54, 1.807) is 0 Å². The van der Waals surface area contributed by atoms with Crippen molar-refractivity contribution in [1.29, 1.82) is 0 Å². The zero-order valence-electron chi connectivity index (χ0n) is 7.46. The molecule has 0 aromatic carbocycles. The highest BCUT2D eigenvalue weighted by Crippen LogP contribution is 2.00. The van der Waals surface area contributed by atoms with E-state index in [1.807, 2.05) is 31.2 Å². The molecule has 0 spiro atoms. The fourth-order valence-corrected chi connectivity index (χ4v) is 0.813. The highest BCUT2D eigenvalue weighted by atomic mass is 16.3. The minimum Gasteiger partial charge on any atom is -0.389 e. The van der Waals surface area contributed by atoms with Gasteiger partial charge in [-0.25, -0.2) is 0 Å². The maximum atomic E-state index is 9.29. The van der Waals surface area contributed by atoms with E-state index < -0.39 is 0 Å². The van der Waals surface area contributed by atoms with E-state index in [2.05, 4.69) is 6.92 Å². The normalized spacial score (nSPS) is 14.8. The number of aliphatic hydroxyl groups is 1. The van der Waals surface area contributed by atoms with E-state index in [9.17, 15) is 5.11 Å². The fourth-order valence-electron chi connectivity index (χ4n) is 0.813. The molecule has 0 bridgehead atoms. The summed E-state index contributed by atoms with van der Waals surface area (Å²) in [5.41, 5.74) is 0. The molecule has 64 valence electrons. The van der Waals surface area contributed by atoms with E-state index in [-0.39, 0.29) is 6.10 Å². The summed E-state index contributed by atoms with van der Waals surface area (Å²) in [5.74, 6) is 0. The van der Waals surface area contributed by atoms with Crippen LogP contribution in [0.1, 0.15) is 33.1 Å². The maximum Gasteiger partial charge on any atom is 0.0723 e. The second-order valence-corrected chi connectivity index (χ2v) is 2.62. The van der Waals surface area contributed by atoms with Gasteiger partial charge in [-0.05, 0) is 13.3 Å². The van der Waals surface area contributed by atoms with Crippen LogP contribution in [0.3, 0.4) is 0 Å². The molecule has 0 radical (unpaired) electrons. The molecule has 1 atom stereocenters. The van der Waals surface area contributed by atoms with Gasteiger partial charge in [-0.2, -0.15) is 0 Å². The van der Waals surface area contributed by atoms with Crippen molar-refractivity contribution in [2.75, 3.05) is 0 Å². The Balaban J connectivity index is 3.42. The Kier molecular flexibility index (Phi) is 7.16. The smallest absolute Gasteiger partial charge is 0.0723 e. The summed E-state index contributed by atoms with van der Waals surface area (Å²) in [6, 6.07) is 0. The molecule has 0 aromatic rings. The lowest BCUT2D eigenvalue weighted by molar-refractivity contribution is 0.209. The van der Waals surface area contributed by atoms with Crippen LogP contribution >= 0.6 is 0 Å². The van der Waals surface area contributed by atoms with Gasteiger partial charge in [0.15, 0.2) is 0 Å². The molecule has 0 amide bonds. The van der Waals surface area contributed by atoms with Crippen LogP contribution < -0.4 is 0 Å². The Bertz CT molecular complexity index is 125. The van der Waals surface area contributed by atoms with Crippen LogP contribution in [0.4, 0.5) is 0 Å². The highest BCUT2D eigenvalue weighted by Gasteiger charge is 1.94. The molecule has 0 saturated heterocycles. The average molecular weight is 154 g/mol. The molecule has 1 heteroatoms. The molecule has 0 fully saturated rings. The summed E-state index contributed by atoms with van der Waals surface area (Å²) in [7, 11) is 0. The third-order valence-electron chi connectivity index (χ3n) is 1.49. The zero-order valence-corrected chi connectivity index (χ0v) is 7.46. The van der Waals surface area contributed by atoms with Crippen molar-refractivity contribution in [2.24, 2.45) is 0 Å². The summed E-state index contributed by atoms with van der Waals surface area (Å²) < 4.78 is 0. The molecule has 11 heavy (non-hydrogen) atoms. The molecule has 0 rings (SSSR count). The Labute approximate surface area is 69.4 Å². The molecule has 0 aromatic heterocycles. The molecule has 1 nitrogen and oxygen atoms in total. The Hall–Kier alpha value is -0.560. The molecule has 1 N–H and O–H groups in total. The molecule has 0 aliphatic rings. The van der Waals surface area contributed by atoms with Crippen molar-refractivity contribution in [3.8, 4) is 0 Å². The Morgan fingerprint density at radius 3 is 2.64 bits per heavy atom. The molecule has 0 aliphatic carbocycles. The molecule has 1 unspecified atom stereocenters. The van der Waals surface area contributed by atoms with Gasteiger partial charge in [-0.3, -0.25) is 0 Å². The molecule has 0 saturated carbocycles. The van der Waals surface area contributed by atoms with E-state index >= 15 is 0 Å². The SMILES string of the molecule is C/C=C/C=C/C(O)CCCC. The van der Waals surface area contributed by atoms with Gasteiger partial charge in [-0.15, -0.1) is 0 Å². The third-order valence-corrected chi connectivity index (χ3v) is 1.49. The predicted octanol–water partition coefficient (Wildman–Crippen LogP) is 2.67. The number of hydrogen-bond acceptors (Lipinski definition) is 1. The lowest BCUT2D eigenvalue weighted by Crippen LogP contribution is -2.00. The minimum atomic E-state index is -0.258. The van der Waals surface area contributed by atoms with Gasteiger partial charge >= 0.3 is 0 Å². The van der Waals surface area contributed by atoms with Crippen molar-refractivity contribution in [2.45, 2.75) is 39.2 Å². The van der Waals surface area contributed by atoms with Gasteiger partial charge in [0.2, 0.25) is 0 Å². The van der Waals surface area contributed by atoms with Gasteiger partial charge in [0.25, 0.3) is 0 Å². The minimum absolute atomic E-state index is 0.258. The monoisotopic (exact) mass is 154 g/mol. The molecule has 0 aliphatic heterocycles. The van der Waals surface area contributed by atoms with Crippen LogP contribution in [-0.4, -0.2) is 11.2 Å². The van der Waals surface area contributed by atoms with Crippen LogP contribution in [0.15, 0.2) is 24.3 Å². The Morgan fingerprint density at radius 2 is 2.09 bits per heavy atom. The van der Waals surface area contributed by atoms with Gasteiger partial charge in [0.05, 0.1) is 6.10 Å². The summed E-state index contributed by atoms with van der Waals surface area (Å²) in [5, 5.41) is 9.29. The zero-order chi connectivity index (χ0) is 8.53. The highest BCUT2D eigenvalue weighted by molar-refractivity contribution is 5.03. The van der Waals surface area contributed by atoms with Crippen LogP contribution in [0.5, 0.6) is 0 Å². The maximum absolute atomic E-state index is 9.29. The third kappa shape index (κ3) is 7.34. The number of aliphatic hydroxyl groups excluding tert-OH is 1. The lowest BCUT2D eigenvalue weighted by Gasteiger charge is -2.01. The van der Waals surface area contributed by atoms with Crippen molar-refractivity contribution in [3.63, 3.8) is 0 Å². The number of allylic oxidation sites excluding steroid dienone is 3. The van der Waals surface area contributed by atoms with Crippen molar-refractivity contribution < 1.29 is 5.11 Å². The largest absolute Gasteiger partial charge is 0.389 e. The van der Waals surface area contributed by atoms with E-state index in [0.717, 1.165) is 19.3 Å². The second kappa shape index (κ2) is 7.55. The predicted molar refractivity (Wildman–Crippen MR) is 49.5 cm³/mol. The van der Waals surface area contributed by atoms with E-state index in [1.165, 1.54) is 0 Å². The van der Waals surface area contributed by atoms with Crippen molar-refractivity contribution in [1.82, 2.24) is 0 Å². The first-order chi connectivity index (χ1) is 5.31. The summed E-state index contributed by atoms with van der Waals surface area (Å²) in [4.78, 5) is 0. The molecular formula is C10H18O. The Morgan fingerprint density at radius 1 is 1.36 bits per heavy atom. The lowest BCUT2D eigenvalue weighted by atomic mass is 10.1. The van der Waals surface area contributed by atoms with Crippen LogP contribution in [0, 0.1) is 0 Å². The average Bonchev–Trinajstić information content (AvgIpc) is 2.01. The van der Waals surface area contributed by atoms with E-state index in [0.29, 0.717) is 0 Å². The van der Waals surface area contributed by atoms with Crippen molar-refractivity contribution >= 4 is 0 Å². The number of unbranched alkanes of at least 4 members (excludes halogenated alkanes) is 1. The van der Waals surface area contributed by atoms with Gasteiger partial charge in [-0.1, -0.05) is 44.1 Å². The summed E-state index contributed by atoms with van der Waals surface area (Å²) >= 11 is 0. The standard InChI is InChI=1S/C10H18O/c1-3-5-7-9-10(11)8-6-4-2/h3,5,7,9-11H,4,6,8H2,1-2H3/b5-3+,9-7+. The molecule has 0 heterocycles. The van der Waals surface area contributed by atoms with Crippen molar-refractivity contribution in [3.05, 3.63) is 24.3 Å². The first-order valence-corrected chi connectivity index (χ1v) is 4.28. The summed E-state index contributed by atoms with van der Waals surface area (Å²) in [6.07, 6.45) is 10.5. The fraction of sp³-hybridized carbons (Fsp3) is 0.600. The first-order valence-electron chi connectivity index (χ1n) is 4.28. The van der Waals surface area contributed by atoms with Crippen LogP contribution in [0.25, 0.3) is 0 Å². The first kappa shape index (κ1) is 10.4. The number of rotatable bonds is 5.